The number of likely N-dealkylation sites (tertiary alicyclic amines) is 1. The molecule has 1 amide bonds. The summed E-state index contributed by atoms with van der Waals surface area (Å²) < 4.78 is 0. The van der Waals surface area contributed by atoms with E-state index in [0.717, 1.165) is 18.7 Å². The summed E-state index contributed by atoms with van der Waals surface area (Å²) in [5.74, 6) is -0.376. The molecule has 0 aliphatic carbocycles. The molecule has 0 bridgehead atoms. The lowest BCUT2D eigenvalue weighted by molar-refractivity contribution is 0.100. The van der Waals surface area contributed by atoms with Crippen LogP contribution in [0.15, 0.2) is 24.3 Å². The topological polar surface area (TPSA) is 58.4 Å². The highest BCUT2D eigenvalue weighted by molar-refractivity contribution is 5.93. The molecule has 1 fully saturated rings. The van der Waals surface area contributed by atoms with Crippen molar-refractivity contribution in [2.24, 2.45) is 5.73 Å². The maximum absolute atomic E-state index is 11.1. The normalized spacial score (nSPS) is 21.3. The minimum Gasteiger partial charge on any atom is -0.382 e. The molecule has 0 aromatic heterocycles. The van der Waals surface area contributed by atoms with Crippen LogP contribution in [0.4, 0.5) is 5.69 Å². The zero-order chi connectivity index (χ0) is 13.0. The molecule has 0 saturated carbocycles. The molecule has 1 heterocycles. The second-order valence-electron chi connectivity index (χ2n) is 5.02. The van der Waals surface area contributed by atoms with E-state index < -0.39 is 0 Å². The van der Waals surface area contributed by atoms with Gasteiger partial charge in [0.15, 0.2) is 0 Å². The number of nitrogens with one attached hydrogen (secondary N) is 1. The molecule has 18 heavy (non-hydrogen) atoms. The van der Waals surface area contributed by atoms with E-state index in [9.17, 15) is 4.79 Å². The molecule has 1 unspecified atom stereocenters. The lowest BCUT2D eigenvalue weighted by Crippen LogP contribution is -2.23. The van der Waals surface area contributed by atoms with Crippen molar-refractivity contribution in [3.63, 3.8) is 0 Å². The molecular weight excluding hydrogens is 226 g/mol. The summed E-state index contributed by atoms with van der Waals surface area (Å²) in [5.41, 5.74) is 6.83. The Morgan fingerprint density at radius 3 is 3.00 bits per heavy atom. The van der Waals surface area contributed by atoms with Crippen LogP contribution in [0.25, 0.3) is 0 Å². The maximum Gasteiger partial charge on any atom is 0.248 e. The summed E-state index contributed by atoms with van der Waals surface area (Å²) in [6.07, 6.45) is 3.52. The maximum atomic E-state index is 11.1. The number of benzene rings is 1. The summed E-state index contributed by atoms with van der Waals surface area (Å²) in [5, 5.41) is 3.50. The molecule has 0 radical (unpaired) electrons. The Balaban J connectivity index is 2.00. The van der Waals surface area contributed by atoms with Gasteiger partial charge < -0.3 is 16.0 Å². The first-order chi connectivity index (χ1) is 8.65. The summed E-state index contributed by atoms with van der Waals surface area (Å²) in [4.78, 5) is 13.5. The zero-order valence-corrected chi connectivity index (χ0v) is 10.9. The van der Waals surface area contributed by atoms with Crippen molar-refractivity contribution in [3.8, 4) is 0 Å². The van der Waals surface area contributed by atoms with Crippen LogP contribution in [0.1, 0.15) is 29.6 Å². The summed E-state index contributed by atoms with van der Waals surface area (Å²) in [6, 6.07) is 7.91. The van der Waals surface area contributed by atoms with Crippen molar-refractivity contribution >= 4 is 11.6 Å². The average Bonchev–Trinajstić information content (AvgIpc) is 2.55. The Kier molecular flexibility index (Phi) is 4.20. The van der Waals surface area contributed by atoms with E-state index in [1.807, 2.05) is 18.2 Å². The molecular formula is C14H21N3O. The van der Waals surface area contributed by atoms with Crippen LogP contribution in [0, 0.1) is 0 Å². The molecule has 0 spiro atoms. The SMILES string of the molecule is CN1CCCC(Nc2cccc(C(N)=O)c2)CC1. The molecule has 1 saturated heterocycles. The highest BCUT2D eigenvalue weighted by atomic mass is 16.1. The second kappa shape index (κ2) is 5.87. The predicted molar refractivity (Wildman–Crippen MR) is 73.7 cm³/mol. The van der Waals surface area contributed by atoms with Crippen LogP contribution < -0.4 is 11.1 Å². The zero-order valence-electron chi connectivity index (χ0n) is 10.9. The molecule has 3 N–H and O–H groups in total. The van der Waals surface area contributed by atoms with Crippen LogP contribution in [-0.2, 0) is 0 Å². The van der Waals surface area contributed by atoms with Gasteiger partial charge in [-0.1, -0.05) is 6.07 Å². The van der Waals surface area contributed by atoms with Gasteiger partial charge in [0.1, 0.15) is 0 Å². The van der Waals surface area contributed by atoms with Gasteiger partial charge in [0.2, 0.25) is 5.91 Å². The average molecular weight is 247 g/mol. The number of carbonyl (C=O) groups is 1. The Labute approximate surface area is 108 Å². The fourth-order valence-corrected chi connectivity index (χ4v) is 2.38. The van der Waals surface area contributed by atoms with Crippen molar-refractivity contribution in [1.29, 1.82) is 0 Å². The lowest BCUT2D eigenvalue weighted by Gasteiger charge is -2.18. The van der Waals surface area contributed by atoms with E-state index in [1.165, 1.54) is 19.4 Å². The molecule has 1 aliphatic rings. The fraction of sp³-hybridized carbons (Fsp3) is 0.500. The minimum atomic E-state index is -0.376. The van der Waals surface area contributed by atoms with Crippen LogP contribution in [0.3, 0.4) is 0 Å². The van der Waals surface area contributed by atoms with Gasteiger partial charge in [0, 0.05) is 17.3 Å². The first-order valence-corrected chi connectivity index (χ1v) is 6.50. The van der Waals surface area contributed by atoms with Crippen LogP contribution in [0.2, 0.25) is 0 Å². The number of hydrogen-bond donors (Lipinski definition) is 2. The van der Waals surface area contributed by atoms with E-state index in [0.29, 0.717) is 11.6 Å². The number of nitrogens with zero attached hydrogens (tertiary/aromatic N) is 1. The Morgan fingerprint density at radius 1 is 1.39 bits per heavy atom. The van der Waals surface area contributed by atoms with Crippen molar-refractivity contribution in [3.05, 3.63) is 29.8 Å². The number of nitrogens with two attached hydrogens (primary N) is 1. The molecule has 98 valence electrons. The number of primary amides is 1. The number of hydrogen-bond acceptors (Lipinski definition) is 3. The van der Waals surface area contributed by atoms with Gasteiger partial charge in [-0.2, -0.15) is 0 Å². The molecule has 1 aromatic rings. The summed E-state index contributed by atoms with van der Waals surface area (Å²) in [7, 11) is 2.16. The van der Waals surface area contributed by atoms with Crippen molar-refractivity contribution < 1.29 is 4.79 Å². The van der Waals surface area contributed by atoms with Crippen LogP contribution in [0.5, 0.6) is 0 Å². The standard InChI is InChI=1S/C14H21N3O/c1-17-8-3-6-12(7-9-17)16-13-5-2-4-11(10-13)14(15)18/h2,4-5,10,12,16H,3,6-9H2,1H3,(H2,15,18). The number of amides is 1. The third-order valence-corrected chi connectivity index (χ3v) is 3.47. The number of anilines is 1. The smallest absolute Gasteiger partial charge is 0.248 e. The first-order valence-electron chi connectivity index (χ1n) is 6.50. The molecule has 4 nitrogen and oxygen atoms in total. The Bertz CT molecular complexity index is 419. The van der Waals surface area contributed by atoms with E-state index >= 15 is 0 Å². The molecule has 1 aromatic carbocycles. The molecule has 1 atom stereocenters. The summed E-state index contributed by atoms with van der Waals surface area (Å²) >= 11 is 0. The molecule has 4 heteroatoms. The second-order valence-corrected chi connectivity index (χ2v) is 5.02. The van der Waals surface area contributed by atoms with Gasteiger partial charge in [-0.25, -0.2) is 0 Å². The monoisotopic (exact) mass is 247 g/mol. The number of rotatable bonds is 3. The van der Waals surface area contributed by atoms with Crippen molar-refractivity contribution in [1.82, 2.24) is 4.90 Å². The first kappa shape index (κ1) is 12.9. The van der Waals surface area contributed by atoms with E-state index in [-0.39, 0.29) is 5.91 Å². The molecule has 1 aliphatic heterocycles. The lowest BCUT2D eigenvalue weighted by atomic mass is 10.1. The van der Waals surface area contributed by atoms with Crippen molar-refractivity contribution in [2.75, 3.05) is 25.5 Å². The quantitative estimate of drug-likeness (QED) is 0.854. The van der Waals surface area contributed by atoms with Gasteiger partial charge in [-0.05, 0) is 57.6 Å². The van der Waals surface area contributed by atoms with Crippen LogP contribution >= 0.6 is 0 Å². The fourth-order valence-electron chi connectivity index (χ4n) is 2.38. The third kappa shape index (κ3) is 3.47. The number of carbonyl (C=O) groups excluding carboxylic acids is 1. The van der Waals surface area contributed by atoms with Gasteiger partial charge in [0.05, 0.1) is 0 Å². The predicted octanol–water partition coefficient (Wildman–Crippen LogP) is 1.68. The van der Waals surface area contributed by atoms with Gasteiger partial charge in [-0.3, -0.25) is 4.79 Å². The van der Waals surface area contributed by atoms with Crippen LogP contribution in [-0.4, -0.2) is 37.0 Å². The highest BCUT2D eigenvalue weighted by Crippen LogP contribution is 2.17. The molecule has 2 rings (SSSR count). The largest absolute Gasteiger partial charge is 0.382 e. The van der Waals surface area contributed by atoms with E-state index in [4.69, 9.17) is 5.73 Å². The Morgan fingerprint density at radius 2 is 2.22 bits per heavy atom. The van der Waals surface area contributed by atoms with E-state index in [1.54, 1.807) is 6.07 Å². The summed E-state index contributed by atoms with van der Waals surface area (Å²) in [6.45, 7) is 2.28. The van der Waals surface area contributed by atoms with Crippen molar-refractivity contribution in [2.45, 2.75) is 25.3 Å². The Hall–Kier alpha value is -1.55. The third-order valence-electron chi connectivity index (χ3n) is 3.47. The van der Waals surface area contributed by atoms with Gasteiger partial charge in [-0.15, -0.1) is 0 Å². The van der Waals surface area contributed by atoms with Gasteiger partial charge >= 0.3 is 0 Å². The minimum absolute atomic E-state index is 0.376. The van der Waals surface area contributed by atoms with Gasteiger partial charge in [0.25, 0.3) is 0 Å². The highest BCUT2D eigenvalue weighted by Gasteiger charge is 2.14. The van der Waals surface area contributed by atoms with E-state index in [2.05, 4.69) is 17.3 Å².